The monoisotopic (exact) mass is 407 g/mol. The Balaban J connectivity index is 1.88. The van der Waals surface area contributed by atoms with Gasteiger partial charge in [0.15, 0.2) is 4.80 Å². The molecule has 0 saturated heterocycles. The van der Waals surface area contributed by atoms with Gasteiger partial charge in [-0.2, -0.15) is 0 Å². The zero-order valence-corrected chi connectivity index (χ0v) is 16.4. The average molecular weight is 408 g/mol. The van der Waals surface area contributed by atoms with Gasteiger partial charge in [0, 0.05) is 11.1 Å². The van der Waals surface area contributed by atoms with Crippen molar-refractivity contribution in [2.75, 3.05) is 0 Å². The average Bonchev–Trinajstić information content (AvgIpc) is 3.12. The fourth-order valence-electron chi connectivity index (χ4n) is 2.85. The summed E-state index contributed by atoms with van der Waals surface area (Å²) in [6.07, 6.45) is 0. The number of aromatic nitrogens is 1. The Labute approximate surface area is 167 Å². The van der Waals surface area contributed by atoms with Gasteiger partial charge >= 0.3 is 0 Å². The summed E-state index contributed by atoms with van der Waals surface area (Å²) in [7, 11) is -3.72. The third-order valence-electron chi connectivity index (χ3n) is 4.18. The molecule has 0 aliphatic heterocycles. The number of benzene rings is 3. The van der Waals surface area contributed by atoms with E-state index in [0.717, 1.165) is 21.7 Å². The van der Waals surface area contributed by atoms with Gasteiger partial charge in [0.2, 0.25) is 10.0 Å². The van der Waals surface area contributed by atoms with Crippen LogP contribution >= 0.6 is 11.3 Å². The second-order valence-corrected chi connectivity index (χ2v) is 8.49. The molecule has 0 saturated carbocycles. The molecule has 3 aromatic carbocycles. The first-order valence-corrected chi connectivity index (χ1v) is 10.9. The second-order valence-electron chi connectivity index (χ2n) is 6.09. The van der Waals surface area contributed by atoms with E-state index >= 15 is 0 Å². The maximum atomic E-state index is 11.4. The van der Waals surface area contributed by atoms with E-state index in [2.05, 4.69) is 22.1 Å². The number of hydrogen-bond acceptors (Lipinski definition) is 4. The van der Waals surface area contributed by atoms with Gasteiger partial charge in [-0.05, 0) is 42.0 Å². The predicted molar refractivity (Wildman–Crippen MR) is 112 cm³/mol. The zero-order valence-electron chi connectivity index (χ0n) is 14.8. The highest BCUT2D eigenvalue weighted by atomic mass is 32.2. The Hall–Kier alpha value is -3.00. The summed E-state index contributed by atoms with van der Waals surface area (Å²) in [6.45, 7) is 0. The minimum Gasteiger partial charge on any atom is -0.285 e. The van der Waals surface area contributed by atoms with Crippen molar-refractivity contribution < 1.29 is 8.42 Å². The number of sulfonamides is 1. The number of rotatable bonds is 4. The van der Waals surface area contributed by atoms with Crippen molar-refractivity contribution in [3.8, 4) is 16.9 Å². The third kappa shape index (κ3) is 3.82. The SMILES string of the molecule is NS(=O)(=O)c1ccc(N=c2scc(-c3ccccc3)n2-c2ccccc2)cc1. The molecule has 0 unspecified atom stereocenters. The van der Waals surface area contributed by atoms with E-state index in [-0.39, 0.29) is 4.90 Å². The molecule has 2 N–H and O–H groups in total. The molecule has 0 aliphatic carbocycles. The molecule has 140 valence electrons. The molecule has 0 aliphatic rings. The summed E-state index contributed by atoms with van der Waals surface area (Å²) >= 11 is 1.52. The van der Waals surface area contributed by atoms with Crippen LogP contribution in [0.25, 0.3) is 16.9 Å². The molecule has 0 amide bonds. The fraction of sp³-hybridized carbons (Fsp3) is 0. The highest BCUT2D eigenvalue weighted by Crippen LogP contribution is 2.24. The molecule has 0 radical (unpaired) electrons. The topological polar surface area (TPSA) is 77.5 Å². The lowest BCUT2D eigenvalue weighted by atomic mass is 10.1. The molecule has 1 aromatic heterocycles. The second kappa shape index (κ2) is 7.55. The van der Waals surface area contributed by atoms with Crippen molar-refractivity contribution in [2.24, 2.45) is 10.1 Å². The first kappa shape index (κ1) is 18.4. The lowest BCUT2D eigenvalue weighted by Crippen LogP contribution is -2.13. The van der Waals surface area contributed by atoms with Gasteiger partial charge in [-0.25, -0.2) is 18.5 Å². The van der Waals surface area contributed by atoms with Crippen LogP contribution < -0.4 is 9.94 Å². The number of thiazole rings is 1. The van der Waals surface area contributed by atoms with Crippen molar-refractivity contribution in [3.63, 3.8) is 0 Å². The zero-order chi connectivity index (χ0) is 19.6. The largest absolute Gasteiger partial charge is 0.285 e. The Bertz CT molecular complexity index is 1260. The van der Waals surface area contributed by atoms with E-state index in [1.165, 1.54) is 23.5 Å². The summed E-state index contributed by atoms with van der Waals surface area (Å²) in [5, 5.41) is 7.24. The molecule has 0 fully saturated rings. The normalized spacial score (nSPS) is 12.2. The molecule has 1 heterocycles. The van der Waals surface area contributed by atoms with E-state index in [9.17, 15) is 8.42 Å². The molecular formula is C21H17N3O2S2. The summed E-state index contributed by atoms with van der Waals surface area (Å²) in [4.78, 5) is 5.59. The van der Waals surface area contributed by atoms with E-state index in [1.807, 2.05) is 48.5 Å². The van der Waals surface area contributed by atoms with E-state index in [0.29, 0.717) is 5.69 Å². The highest BCUT2D eigenvalue weighted by molar-refractivity contribution is 7.89. The maximum Gasteiger partial charge on any atom is 0.238 e. The van der Waals surface area contributed by atoms with Crippen LogP contribution in [-0.2, 0) is 10.0 Å². The molecule has 5 nitrogen and oxygen atoms in total. The van der Waals surface area contributed by atoms with Gasteiger partial charge < -0.3 is 0 Å². The Kier molecular flexibility index (Phi) is 4.95. The van der Waals surface area contributed by atoms with Crippen LogP contribution in [0.2, 0.25) is 0 Å². The van der Waals surface area contributed by atoms with Crippen LogP contribution in [0.3, 0.4) is 0 Å². The smallest absolute Gasteiger partial charge is 0.238 e. The van der Waals surface area contributed by atoms with Gasteiger partial charge in [0.1, 0.15) is 0 Å². The van der Waals surface area contributed by atoms with Gasteiger partial charge in [0.25, 0.3) is 0 Å². The van der Waals surface area contributed by atoms with Gasteiger partial charge in [-0.3, -0.25) is 4.57 Å². The molecule has 28 heavy (non-hydrogen) atoms. The Morgan fingerprint density at radius 2 is 1.43 bits per heavy atom. The summed E-state index contributed by atoms with van der Waals surface area (Å²) in [5.74, 6) is 0. The minimum atomic E-state index is -3.72. The number of primary sulfonamides is 1. The van der Waals surface area contributed by atoms with Crippen LogP contribution in [0.4, 0.5) is 5.69 Å². The number of para-hydroxylation sites is 1. The number of nitrogens with zero attached hydrogens (tertiary/aromatic N) is 2. The van der Waals surface area contributed by atoms with Crippen molar-refractivity contribution in [1.82, 2.24) is 4.57 Å². The minimum absolute atomic E-state index is 0.0681. The summed E-state index contributed by atoms with van der Waals surface area (Å²) in [5.41, 5.74) is 3.78. The fourth-order valence-corrected chi connectivity index (χ4v) is 4.29. The quantitative estimate of drug-likeness (QED) is 0.553. The number of hydrogen-bond donors (Lipinski definition) is 1. The van der Waals surface area contributed by atoms with E-state index in [4.69, 9.17) is 10.1 Å². The molecule has 7 heteroatoms. The first-order valence-electron chi connectivity index (χ1n) is 8.51. The summed E-state index contributed by atoms with van der Waals surface area (Å²) in [6, 6.07) is 26.4. The molecule has 0 spiro atoms. The van der Waals surface area contributed by atoms with E-state index < -0.39 is 10.0 Å². The van der Waals surface area contributed by atoms with Crippen LogP contribution in [0.15, 0.2) is 100 Å². The number of nitrogens with two attached hydrogens (primary N) is 1. The lowest BCUT2D eigenvalue weighted by Gasteiger charge is -2.09. The Morgan fingerprint density at radius 3 is 2.04 bits per heavy atom. The maximum absolute atomic E-state index is 11.4. The van der Waals surface area contributed by atoms with E-state index in [1.54, 1.807) is 12.1 Å². The molecule has 0 bridgehead atoms. The van der Waals surface area contributed by atoms with Crippen molar-refractivity contribution in [1.29, 1.82) is 0 Å². The van der Waals surface area contributed by atoms with Crippen LogP contribution in [-0.4, -0.2) is 13.0 Å². The lowest BCUT2D eigenvalue weighted by molar-refractivity contribution is 0.598. The summed E-state index contributed by atoms with van der Waals surface area (Å²) < 4.78 is 25.0. The predicted octanol–water partition coefficient (Wildman–Crippen LogP) is 4.09. The first-order chi connectivity index (χ1) is 13.5. The van der Waals surface area contributed by atoms with Crippen LogP contribution in [0.1, 0.15) is 0 Å². The Morgan fingerprint density at radius 1 is 0.821 bits per heavy atom. The van der Waals surface area contributed by atoms with Crippen LogP contribution in [0.5, 0.6) is 0 Å². The third-order valence-corrected chi connectivity index (χ3v) is 5.94. The molecular weight excluding hydrogens is 390 g/mol. The van der Waals surface area contributed by atoms with Crippen molar-refractivity contribution in [2.45, 2.75) is 4.90 Å². The van der Waals surface area contributed by atoms with Crippen molar-refractivity contribution >= 4 is 27.0 Å². The molecule has 0 atom stereocenters. The standard InChI is InChI=1S/C21H17N3O2S2/c22-28(25,26)19-13-11-17(12-14-19)23-21-24(18-9-5-2-6-10-18)20(15-27-21)16-7-3-1-4-8-16/h1-15H,(H2,22,25,26). The molecule has 4 aromatic rings. The van der Waals surface area contributed by atoms with Gasteiger partial charge in [0.05, 0.1) is 16.3 Å². The van der Waals surface area contributed by atoms with Gasteiger partial charge in [-0.1, -0.05) is 48.5 Å². The van der Waals surface area contributed by atoms with Crippen LogP contribution in [0, 0.1) is 0 Å². The van der Waals surface area contributed by atoms with Gasteiger partial charge in [-0.15, -0.1) is 11.3 Å². The highest BCUT2D eigenvalue weighted by Gasteiger charge is 2.10. The van der Waals surface area contributed by atoms with Crippen molar-refractivity contribution in [3.05, 3.63) is 95.1 Å². The molecule has 4 rings (SSSR count).